The summed E-state index contributed by atoms with van der Waals surface area (Å²) in [5.74, 6) is 0.789. The highest BCUT2D eigenvalue weighted by atomic mass is 35.5. The van der Waals surface area contributed by atoms with Crippen molar-refractivity contribution in [2.45, 2.75) is 39.0 Å². The number of hydrogen-bond donors (Lipinski definition) is 1. The minimum absolute atomic E-state index is 0.127. The van der Waals surface area contributed by atoms with Crippen LogP contribution in [0.25, 0.3) is 11.0 Å². The van der Waals surface area contributed by atoms with Gasteiger partial charge in [0.2, 0.25) is 0 Å². The summed E-state index contributed by atoms with van der Waals surface area (Å²) >= 11 is 6.39. The van der Waals surface area contributed by atoms with Crippen LogP contribution in [-0.4, -0.2) is 42.4 Å². The first-order valence-corrected chi connectivity index (χ1v) is 11.4. The summed E-state index contributed by atoms with van der Waals surface area (Å²) < 4.78 is 22.3. The molecule has 1 aliphatic heterocycles. The fraction of sp³-hybridized carbons (Fsp3) is 0.360. The Morgan fingerprint density at radius 2 is 1.94 bits per heavy atom. The topological polar surface area (TPSA) is 90.2 Å². The Labute approximate surface area is 202 Å². The zero-order valence-electron chi connectivity index (χ0n) is 19.3. The van der Waals surface area contributed by atoms with Crippen molar-refractivity contribution in [1.29, 1.82) is 0 Å². The van der Waals surface area contributed by atoms with Crippen molar-refractivity contribution < 1.29 is 28.2 Å². The van der Waals surface area contributed by atoms with Gasteiger partial charge < -0.3 is 23.9 Å². The van der Waals surface area contributed by atoms with Crippen LogP contribution in [0.1, 0.15) is 38.1 Å². The molecule has 0 saturated carbocycles. The molecule has 0 radical (unpaired) electrons. The van der Waals surface area contributed by atoms with Gasteiger partial charge >= 0.3 is 12.2 Å². The van der Waals surface area contributed by atoms with Crippen LogP contribution in [0.2, 0.25) is 5.02 Å². The number of nitrogens with zero attached hydrogens (tertiary/aromatic N) is 1. The second-order valence-corrected chi connectivity index (χ2v) is 9.36. The zero-order chi connectivity index (χ0) is 24.3. The molecule has 1 fully saturated rings. The van der Waals surface area contributed by atoms with Gasteiger partial charge in [-0.25, -0.2) is 9.59 Å². The summed E-state index contributed by atoms with van der Waals surface area (Å²) in [6.45, 7) is 6.74. The van der Waals surface area contributed by atoms with E-state index in [0.29, 0.717) is 47.3 Å². The SMILES string of the molecule is CC(C)(C)OC(=O)NCc1cc2cc(OC(=O)N3CCOCC3c3ccccc3)cc(Cl)c2o1. The highest BCUT2D eigenvalue weighted by Crippen LogP contribution is 2.33. The maximum absolute atomic E-state index is 13.0. The molecular formula is C25H27ClN2O6. The molecule has 2 heterocycles. The standard InChI is InChI=1S/C25H27ClN2O6/c1-25(2,3)34-23(29)27-14-19-12-17-11-18(13-20(26)22(17)32-19)33-24(30)28-9-10-31-15-21(28)16-7-5-4-6-8-16/h4-8,11-13,21H,9-10,14-15H2,1-3H3,(H,27,29). The first-order valence-electron chi connectivity index (χ1n) is 11.0. The lowest BCUT2D eigenvalue weighted by Gasteiger charge is -2.34. The van der Waals surface area contributed by atoms with Crippen molar-refractivity contribution in [1.82, 2.24) is 10.2 Å². The normalized spacial score (nSPS) is 16.4. The Morgan fingerprint density at radius 1 is 1.18 bits per heavy atom. The summed E-state index contributed by atoms with van der Waals surface area (Å²) in [5.41, 5.74) is 0.820. The second-order valence-electron chi connectivity index (χ2n) is 8.95. The highest BCUT2D eigenvalue weighted by molar-refractivity contribution is 6.35. The molecule has 1 N–H and O–H groups in total. The number of morpholine rings is 1. The molecule has 34 heavy (non-hydrogen) atoms. The Bertz CT molecular complexity index is 1170. The fourth-order valence-electron chi connectivity index (χ4n) is 3.69. The molecule has 0 bridgehead atoms. The van der Waals surface area contributed by atoms with E-state index in [4.69, 9.17) is 30.2 Å². The van der Waals surface area contributed by atoms with Crippen molar-refractivity contribution in [3.05, 3.63) is 64.9 Å². The van der Waals surface area contributed by atoms with Gasteiger partial charge in [-0.05, 0) is 38.5 Å². The third-order valence-corrected chi connectivity index (χ3v) is 5.43. The molecule has 1 aromatic heterocycles. The lowest BCUT2D eigenvalue weighted by molar-refractivity contribution is 0.00126. The average molecular weight is 487 g/mol. The number of amides is 2. The quantitative estimate of drug-likeness (QED) is 0.510. The molecular weight excluding hydrogens is 460 g/mol. The molecule has 1 unspecified atom stereocenters. The van der Waals surface area contributed by atoms with Crippen molar-refractivity contribution in [3.8, 4) is 5.75 Å². The number of benzene rings is 2. The van der Waals surface area contributed by atoms with E-state index < -0.39 is 17.8 Å². The number of carbonyl (C=O) groups excluding carboxylic acids is 2. The van der Waals surface area contributed by atoms with E-state index in [1.54, 1.807) is 37.8 Å². The Hall–Kier alpha value is -3.23. The first-order chi connectivity index (χ1) is 16.2. The number of ether oxygens (including phenoxy) is 3. The first kappa shape index (κ1) is 23.9. The van der Waals surface area contributed by atoms with Gasteiger partial charge in [0.25, 0.3) is 0 Å². The number of halogens is 1. The van der Waals surface area contributed by atoms with Gasteiger partial charge in [-0.1, -0.05) is 41.9 Å². The van der Waals surface area contributed by atoms with Gasteiger partial charge in [0.05, 0.1) is 30.8 Å². The maximum Gasteiger partial charge on any atom is 0.415 e. The zero-order valence-corrected chi connectivity index (χ0v) is 20.1. The van der Waals surface area contributed by atoms with E-state index in [2.05, 4.69) is 5.32 Å². The maximum atomic E-state index is 13.0. The van der Waals surface area contributed by atoms with Crippen LogP contribution >= 0.6 is 11.6 Å². The van der Waals surface area contributed by atoms with Crippen molar-refractivity contribution in [2.75, 3.05) is 19.8 Å². The van der Waals surface area contributed by atoms with Crippen LogP contribution in [0, 0.1) is 0 Å². The minimum atomic E-state index is -0.597. The molecule has 9 heteroatoms. The molecule has 1 aliphatic rings. The van der Waals surface area contributed by atoms with Gasteiger partial charge in [0.1, 0.15) is 17.1 Å². The Balaban J connectivity index is 1.46. The number of rotatable bonds is 4. The molecule has 4 rings (SSSR count). The monoisotopic (exact) mass is 486 g/mol. The smallest absolute Gasteiger partial charge is 0.415 e. The Kier molecular flexibility index (Phi) is 7.00. The van der Waals surface area contributed by atoms with Crippen LogP contribution in [0.4, 0.5) is 9.59 Å². The number of alkyl carbamates (subject to hydrolysis) is 1. The minimum Gasteiger partial charge on any atom is -0.458 e. The van der Waals surface area contributed by atoms with Crippen LogP contribution in [0.5, 0.6) is 5.75 Å². The van der Waals surface area contributed by atoms with E-state index in [1.165, 1.54) is 6.07 Å². The summed E-state index contributed by atoms with van der Waals surface area (Å²) in [6, 6.07) is 14.4. The van der Waals surface area contributed by atoms with E-state index in [-0.39, 0.29) is 12.6 Å². The van der Waals surface area contributed by atoms with Crippen LogP contribution in [0.3, 0.4) is 0 Å². The van der Waals surface area contributed by atoms with E-state index in [9.17, 15) is 9.59 Å². The molecule has 2 aromatic carbocycles. The van der Waals surface area contributed by atoms with Gasteiger partial charge in [-0.3, -0.25) is 4.90 Å². The molecule has 2 amide bonds. The third kappa shape index (κ3) is 5.81. The van der Waals surface area contributed by atoms with Crippen LogP contribution in [-0.2, 0) is 16.0 Å². The molecule has 3 aromatic rings. The summed E-state index contributed by atoms with van der Waals surface area (Å²) in [7, 11) is 0. The van der Waals surface area contributed by atoms with Gasteiger partial charge in [-0.15, -0.1) is 0 Å². The fourth-order valence-corrected chi connectivity index (χ4v) is 3.95. The molecule has 1 saturated heterocycles. The third-order valence-electron chi connectivity index (χ3n) is 5.15. The number of carbonyl (C=O) groups is 2. The molecule has 1 atom stereocenters. The Morgan fingerprint density at radius 3 is 2.68 bits per heavy atom. The lowest BCUT2D eigenvalue weighted by atomic mass is 10.1. The number of hydrogen-bond acceptors (Lipinski definition) is 6. The summed E-state index contributed by atoms with van der Waals surface area (Å²) in [4.78, 5) is 26.6. The van der Waals surface area contributed by atoms with Crippen molar-refractivity contribution in [3.63, 3.8) is 0 Å². The highest BCUT2D eigenvalue weighted by Gasteiger charge is 2.30. The second kappa shape index (κ2) is 9.95. The van der Waals surface area contributed by atoms with Crippen molar-refractivity contribution in [2.24, 2.45) is 0 Å². The average Bonchev–Trinajstić information content (AvgIpc) is 3.21. The molecule has 8 nitrogen and oxygen atoms in total. The number of furan rings is 1. The summed E-state index contributed by atoms with van der Waals surface area (Å²) in [5, 5.41) is 3.59. The largest absolute Gasteiger partial charge is 0.458 e. The van der Waals surface area contributed by atoms with Crippen LogP contribution < -0.4 is 10.1 Å². The predicted octanol–water partition coefficient (Wildman–Crippen LogP) is 5.68. The number of nitrogens with one attached hydrogen (secondary N) is 1. The molecule has 0 aliphatic carbocycles. The van der Waals surface area contributed by atoms with Gasteiger partial charge in [0.15, 0.2) is 5.58 Å². The van der Waals surface area contributed by atoms with Crippen molar-refractivity contribution >= 4 is 34.8 Å². The van der Waals surface area contributed by atoms with Gasteiger partial charge in [-0.2, -0.15) is 0 Å². The van der Waals surface area contributed by atoms with Gasteiger partial charge in [0, 0.05) is 18.0 Å². The summed E-state index contributed by atoms with van der Waals surface area (Å²) in [6.07, 6.45) is -1.03. The molecule has 0 spiro atoms. The van der Waals surface area contributed by atoms with E-state index in [1.807, 2.05) is 30.3 Å². The number of fused-ring (bicyclic) bond motifs is 1. The van der Waals surface area contributed by atoms with E-state index >= 15 is 0 Å². The predicted molar refractivity (Wildman–Crippen MR) is 127 cm³/mol. The van der Waals surface area contributed by atoms with Crippen LogP contribution in [0.15, 0.2) is 52.9 Å². The lowest BCUT2D eigenvalue weighted by Crippen LogP contribution is -2.44. The van der Waals surface area contributed by atoms with E-state index in [0.717, 1.165) is 5.56 Å². The molecule has 180 valence electrons.